The van der Waals surface area contributed by atoms with E-state index in [1.54, 1.807) is 4.90 Å². The highest BCUT2D eigenvalue weighted by atomic mass is 19.4. The molecule has 8 heteroatoms. The highest BCUT2D eigenvalue weighted by molar-refractivity contribution is 5.94. The number of hydrogen-bond donors (Lipinski definition) is 0. The van der Waals surface area contributed by atoms with Gasteiger partial charge in [-0.25, -0.2) is 4.79 Å². The number of carbonyl (C=O) groups excluding carboxylic acids is 2. The summed E-state index contributed by atoms with van der Waals surface area (Å²) in [6.07, 6.45) is -0.381. The van der Waals surface area contributed by atoms with Crippen molar-refractivity contribution in [3.05, 3.63) is 29.8 Å². The van der Waals surface area contributed by atoms with Gasteiger partial charge in [0, 0.05) is 6.54 Å². The molecule has 0 aromatic heterocycles. The van der Waals surface area contributed by atoms with E-state index >= 15 is 0 Å². The zero-order valence-electron chi connectivity index (χ0n) is 15.1. The first-order chi connectivity index (χ1) is 12.8. The fraction of sp³-hybridized carbons (Fsp3) is 0.579. The van der Waals surface area contributed by atoms with Gasteiger partial charge in [-0.15, -0.1) is 13.2 Å². The Kier molecular flexibility index (Phi) is 5.35. The summed E-state index contributed by atoms with van der Waals surface area (Å²) in [6, 6.07) is 4.83. The second-order valence-electron chi connectivity index (χ2n) is 7.04. The van der Waals surface area contributed by atoms with Crippen LogP contribution in [0.1, 0.15) is 44.1 Å². The first-order valence-electron chi connectivity index (χ1n) is 9.02. The molecule has 1 heterocycles. The third-order valence-corrected chi connectivity index (χ3v) is 5.29. The van der Waals surface area contributed by atoms with E-state index in [0.717, 1.165) is 19.3 Å². The lowest BCUT2D eigenvalue weighted by Gasteiger charge is -2.32. The maximum Gasteiger partial charge on any atom is 0.573 e. The molecule has 1 saturated carbocycles. The molecule has 1 saturated heterocycles. The van der Waals surface area contributed by atoms with Crippen LogP contribution in [-0.2, 0) is 19.7 Å². The number of rotatable bonds is 4. The van der Waals surface area contributed by atoms with Crippen molar-refractivity contribution < 1.29 is 32.2 Å². The summed E-state index contributed by atoms with van der Waals surface area (Å²) in [7, 11) is 1.31. The van der Waals surface area contributed by atoms with Crippen LogP contribution in [0.2, 0.25) is 0 Å². The molecule has 1 amide bonds. The Balaban J connectivity index is 1.81. The fourth-order valence-electron chi connectivity index (χ4n) is 3.73. The van der Waals surface area contributed by atoms with Gasteiger partial charge in [0.25, 0.3) is 0 Å². The zero-order chi connectivity index (χ0) is 19.7. The Morgan fingerprint density at radius 3 is 2.33 bits per heavy atom. The topological polar surface area (TPSA) is 55.8 Å². The highest BCUT2D eigenvalue weighted by Crippen LogP contribution is 2.50. The number of carbonyl (C=O) groups is 2. The van der Waals surface area contributed by atoms with Gasteiger partial charge < -0.3 is 14.4 Å². The Hall–Kier alpha value is -2.25. The average Bonchev–Trinajstić information content (AvgIpc) is 3.44. The summed E-state index contributed by atoms with van der Waals surface area (Å²) >= 11 is 0. The summed E-state index contributed by atoms with van der Waals surface area (Å²) in [5, 5.41) is 0. The fourth-order valence-corrected chi connectivity index (χ4v) is 3.73. The van der Waals surface area contributed by atoms with E-state index in [1.807, 2.05) is 0 Å². The minimum atomic E-state index is -4.76. The van der Waals surface area contributed by atoms with E-state index < -0.39 is 23.8 Å². The summed E-state index contributed by atoms with van der Waals surface area (Å²) < 4.78 is 45.7. The Bertz CT molecular complexity index is 698. The molecule has 148 valence electrons. The monoisotopic (exact) mass is 385 g/mol. The number of alkyl halides is 3. The van der Waals surface area contributed by atoms with Crippen molar-refractivity contribution in [2.45, 2.75) is 56.3 Å². The Labute approximate surface area is 155 Å². The Morgan fingerprint density at radius 2 is 1.78 bits per heavy atom. The Morgan fingerprint density at radius 1 is 1.11 bits per heavy atom. The van der Waals surface area contributed by atoms with Crippen molar-refractivity contribution in [3.8, 4) is 5.75 Å². The molecule has 1 unspecified atom stereocenters. The number of nitrogens with zero attached hydrogens (tertiary/aromatic N) is 1. The second kappa shape index (κ2) is 7.40. The van der Waals surface area contributed by atoms with Crippen LogP contribution in [0, 0.1) is 0 Å². The SMILES string of the molecule is COC(=O)C1CCCCCN1C(=O)C1(c2ccc(OC(F)(F)F)cc2)CC1. The smallest absolute Gasteiger partial charge is 0.467 e. The molecular weight excluding hydrogens is 363 g/mol. The van der Waals surface area contributed by atoms with E-state index in [2.05, 4.69) is 4.74 Å². The van der Waals surface area contributed by atoms with Gasteiger partial charge in [-0.1, -0.05) is 25.0 Å². The second-order valence-corrected chi connectivity index (χ2v) is 7.04. The van der Waals surface area contributed by atoms with Crippen LogP contribution in [0.4, 0.5) is 13.2 Å². The molecule has 0 N–H and O–H groups in total. The van der Waals surface area contributed by atoms with Gasteiger partial charge in [0.2, 0.25) is 5.91 Å². The molecular formula is C19H22F3NO4. The van der Waals surface area contributed by atoms with Gasteiger partial charge >= 0.3 is 12.3 Å². The summed E-state index contributed by atoms with van der Waals surface area (Å²) in [5.74, 6) is -0.893. The number of ether oxygens (including phenoxy) is 2. The van der Waals surface area contributed by atoms with E-state index in [9.17, 15) is 22.8 Å². The average molecular weight is 385 g/mol. The number of halogens is 3. The first-order valence-corrected chi connectivity index (χ1v) is 9.02. The van der Waals surface area contributed by atoms with E-state index in [-0.39, 0.29) is 11.7 Å². The molecule has 0 radical (unpaired) electrons. The van der Waals surface area contributed by atoms with Gasteiger partial charge in [-0.3, -0.25) is 4.79 Å². The molecule has 3 rings (SSSR count). The molecule has 1 aliphatic carbocycles. The predicted molar refractivity (Wildman–Crippen MR) is 90.0 cm³/mol. The minimum absolute atomic E-state index is 0.149. The lowest BCUT2D eigenvalue weighted by molar-refractivity contribution is -0.274. The molecule has 0 bridgehead atoms. The van der Waals surface area contributed by atoms with Crippen LogP contribution < -0.4 is 4.74 Å². The first kappa shape index (κ1) is 19.5. The molecule has 1 aromatic rings. The van der Waals surface area contributed by atoms with Gasteiger partial charge in [0.1, 0.15) is 11.8 Å². The molecule has 2 fully saturated rings. The van der Waals surface area contributed by atoms with Crippen LogP contribution in [0.15, 0.2) is 24.3 Å². The van der Waals surface area contributed by atoms with Crippen molar-refractivity contribution in [1.82, 2.24) is 4.90 Å². The van der Waals surface area contributed by atoms with Gasteiger partial charge in [-0.2, -0.15) is 0 Å². The third kappa shape index (κ3) is 4.20. The molecule has 0 spiro atoms. The molecule has 2 aliphatic rings. The van der Waals surface area contributed by atoms with Crippen molar-refractivity contribution in [1.29, 1.82) is 0 Å². The van der Waals surface area contributed by atoms with Crippen LogP contribution in [0.3, 0.4) is 0 Å². The van der Waals surface area contributed by atoms with Crippen LogP contribution in [0.25, 0.3) is 0 Å². The van der Waals surface area contributed by atoms with E-state index in [1.165, 1.54) is 31.4 Å². The summed E-state index contributed by atoms with van der Waals surface area (Å²) in [4.78, 5) is 27.0. The molecule has 1 aromatic carbocycles. The zero-order valence-corrected chi connectivity index (χ0v) is 15.1. The van der Waals surface area contributed by atoms with Crippen molar-refractivity contribution in [2.75, 3.05) is 13.7 Å². The summed E-state index contributed by atoms with van der Waals surface area (Å²) in [6.45, 7) is 0.482. The number of esters is 1. The van der Waals surface area contributed by atoms with Crippen LogP contribution in [0.5, 0.6) is 5.75 Å². The normalized spacial score (nSPS) is 21.9. The van der Waals surface area contributed by atoms with E-state index in [0.29, 0.717) is 31.4 Å². The number of benzene rings is 1. The number of hydrogen-bond acceptors (Lipinski definition) is 4. The summed E-state index contributed by atoms with van der Waals surface area (Å²) in [5.41, 5.74) is -0.122. The van der Waals surface area contributed by atoms with Crippen molar-refractivity contribution >= 4 is 11.9 Å². The van der Waals surface area contributed by atoms with Gasteiger partial charge in [0.05, 0.1) is 12.5 Å². The lowest BCUT2D eigenvalue weighted by Crippen LogP contribution is -2.49. The molecule has 27 heavy (non-hydrogen) atoms. The maximum absolute atomic E-state index is 13.3. The van der Waals surface area contributed by atoms with Crippen molar-refractivity contribution in [2.24, 2.45) is 0 Å². The molecule has 1 atom stereocenters. The van der Waals surface area contributed by atoms with Gasteiger partial charge in [0.15, 0.2) is 0 Å². The predicted octanol–water partition coefficient (Wildman–Crippen LogP) is 3.56. The quantitative estimate of drug-likeness (QED) is 0.744. The third-order valence-electron chi connectivity index (χ3n) is 5.29. The minimum Gasteiger partial charge on any atom is -0.467 e. The van der Waals surface area contributed by atoms with E-state index in [4.69, 9.17) is 4.74 Å². The van der Waals surface area contributed by atoms with Crippen molar-refractivity contribution in [3.63, 3.8) is 0 Å². The lowest BCUT2D eigenvalue weighted by atomic mass is 9.93. The standard InChI is InChI=1S/C19H22F3NO4/c1-26-16(24)15-5-3-2-4-12-23(15)17(25)18(10-11-18)13-6-8-14(9-7-13)27-19(20,21)22/h6-9,15H,2-5,10-12H2,1H3. The molecule has 1 aliphatic heterocycles. The van der Waals surface area contributed by atoms with Crippen LogP contribution in [-0.4, -0.2) is 42.8 Å². The number of methoxy groups -OCH3 is 1. The highest BCUT2D eigenvalue weighted by Gasteiger charge is 2.54. The van der Waals surface area contributed by atoms with Gasteiger partial charge in [-0.05, 0) is 43.4 Å². The number of likely N-dealkylation sites (tertiary alicyclic amines) is 1. The maximum atomic E-state index is 13.3. The number of amides is 1. The molecule has 5 nitrogen and oxygen atoms in total. The van der Waals surface area contributed by atoms with Crippen LogP contribution >= 0.6 is 0 Å². The largest absolute Gasteiger partial charge is 0.573 e.